The maximum atomic E-state index is 4.80. The van der Waals surface area contributed by atoms with E-state index < -0.39 is 0 Å². The van der Waals surface area contributed by atoms with Crippen molar-refractivity contribution in [2.75, 3.05) is 25.0 Å². The lowest BCUT2D eigenvalue weighted by Gasteiger charge is -2.17. The van der Waals surface area contributed by atoms with Crippen molar-refractivity contribution >= 4 is 28.3 Å². The maximum absolute atomic E-state index is 4.80. The number of likely N-dealkylation sites (tertiary alicyclic amines) is 1. The summed E-state index contributed by atoms with van der Waals surface area (Å²) in [6.07, 6.45) is 2.68. The summed E-state index contributed by atoms with van der Waals surface area (Å²) in [7, 11) is 0. The standard InChI is InChI=1S/C18H22N4S/c1-2-8-17-16(7-1)20-18(19-14-15-6-5-13-23-15)22(17)12-11-21-9-3-4-10-21/h1-2,5-8,13H,3-4,9-12,14H2,(H,19,20). The minimum Gasteiger partial charge on any atom is -0.351 e. The van der Waals surface area contributed by atoms with E-state index in [1.807, 2.05) is 0 Å². The summed E-state index contributed by atoms with van der Waals surface area (Å²) in [6.45, 7) is 5.42. The van der Waals surface area contributed by atoms with Gasteiger partial charge in [0.1, 0.15) is 0 Å². The van der Waals surface area contributed by atoms with Gasteiger partial charge in [0.05, 0.1) is 17.6 Å². The van der Waals surface area contributed by atoms with E-state index >= 15 is 0 Å². The van der Waals surface area contributed by atoms with Crippen LogP contribution in [-0.4, -0.2) is 34.1 Å². The lowest BCUT2D eigenvalue weighted by molar-refractivity contribution is 0.325. The number of para-hydroxylation sites is 2. The number of benzene rings is 1. The van der Waals surface area contributed by atoms with E-state index in [0.717, 1.165) is 31.1 Å². The third kappa shape index (κ3) is 3.26. The Labute approximate surface area is 140 Å². The van der Waals surface area contributed by atoms with Crippen LogP contribution >= 0.6 is 11.3 Å². The molecule has 1 saturated heterocycles. The number of imidazole rings is 1. The van der Waals surface area contributed by atoms with Crippen LogP contribution in [0.1, 0.15) is 17.7 Å². The molecule has 4 nitrogen and oxygen atoms in total. The third-order valence-corrected chi connectivity index (χ3v) is 5.37. The summed E-state index contributed by atoms with van der Waals surface area (Å²) in [5.41, 5.74) is 2.29. The number of hydrogen-bond acceptors (Lipinski definition) is 4. The van der Waals surface area contributed by atoms with Crippen LogP contribution in [0.15, 0.2) is 41.8 Å². The van der Waals surface area contributed by atoms with Gasteiger partial charge >= 0.3 is 0 Å². The summed E-state index contributed by atoms with van der Waals surface area (Å²) in [5.74, 6) is 0.985. The van der Waals surface area contributed by atoms with Gasteiger partial charge in [-0.3, -0.25) is 0 Å². The van der Waals surface area contributed by atoms with Gasteiger partial charge in [-0.15, -0.1) is 11.3 Å². The number of fused-ring (bicyclic) bond motifs is 1. The van der Waals surface area contributed by atoms with Crippen molar-refractivity contribution in [2.24, 2.45) is 0 Å². The first-order valence-corrected chi connectivity index (χ1v) is 9.22. The number of anilines is 1. The molecule has 2 aromatic heterocycles. The Bertz CT molecular complexity index is 757. The van der Waals surface area contributed by atoms with E-state index in [0.29, 0.717) is 0 Å². The van der Waals surface area contributed by atoms with Crippen LogP contribution in [0.4, 0.5) is 5.95 Å². The first-order valence-electron chi connectivity index (χ1n) is 8.34. The zero-order chi connectivity index (χ0) is 15.5. The van der Waals surface area contributed by atoms with Crippen LogP contribution < -0.4 is 5.32 Å². The highest BCUT2D eigenvalue weighted by Crippen LogP contribution is 2.21. The van der Waals surface area contributed by atoms with Crippen LogP contribution in [0, 0.1) is 0 Å². The number of nitrogens with one attached hydrogen (secondary N) is 1. The molecule has 1 fully saturated rings. The van der Waals surface area contributed by atoms with Gasteiger partial charge < -0.3 is 14.8 Å². The Morgan fingerprint density at radius 2 is 1.91 bits per heavy atom. The molecule has 0 bridgehead atoms. The molecule has 1 N–H and O–H groups in total. The molecule has 0 atom stereocenters. The molecule has 3 aromatic rings. The number of aromatic nitrogens is 2. The molecule has 3 heterocycles. The molecule has 0 amide bonds. The molecule has 0 saturated carbocycles. The second kappa shape index (κ2) is 6.72. The molecule has 0 spiro atoms. The first-order chi connectivity index (χ1) is 11.4. The van der Waals surface area contributed by atoms with Gasteiger partial charge in [-0.1, -0.05) is 18.2 Å². The Kier molecular flexibility index (Phi) is 4.30. The highest BCUT2D eigenvalue weighted by atomic mass is 32.1. The van der Waals surface area contributed by atoms with Gasteiger partial charge in [0.2, 0.25) is 5.95 Å². The largest absolute Gasteiger partial charge is 0.351 e. The van der Waals surface area contributed by atoms with Gasteiger partial charge in [-0.2, -0.15) is 0 Å². The molecule has 0 radical (unpaired) electrons. The number of rotatable bonds is 6. The fourth-order valence-electron chi connectivity index (χ4n) is 3.26. The van der Waals surface area contributed by atoms with Crippen molar-refractivity contribution in [1.82, 2.24) is 14.5 Å². The SMILES string of the molecule is c1csc(CNc2nc3ccccc3n2CCN2CCCC2)c1. The fourth-order valence-corrected chi connectivity index (χ4v) is 3.91. The van der Waals surface area contributed by atoms with E-state index in [4.69, 9.17) is 4.98 Å². The molecule has 4 rings (SSSR count). The number of thiophene rings is 1. The Morgan fingerprint density at radius 1 is 1.04 bits per heavy atom. The van der Waals surface area contributed by atoms with Crippen LogP contribution in [0.5, 0.6) is 0 Å². The quantitative estimate of drug-likeness (QED) is 0.748. The van der Waals surface area contributed by atoms with Crippen LogP contribution in [0.2, 0.25) is 0 Å². The molecular formula is C18H22N4S. The summed E-state index contributed by atoms with van der Waals surface area (Å²) < 4.78 is 2.33. The molecule has 23 heavy (non-hydrogen) atoms. The average molecular weight is 326 g/mol. The van der Waals surface area contributed by atoms with Gasteiger partial charge in [0.15, 0.2) is 0 Å². The number of hydrogen-bond donors (Lipinski definition) is 1. The highest BCUT2D eigenvalue weighted by molar-refractivity contribution is 7.09. The topological polar surface area (TPSA) is 33.1 Å². The zero-order valence-corrected chi connectivity index (χ0v) is 14.1. The minimum atomic E-state index is 0.838. The molecule has 1 aliphatic rings. The van der Waals surface area contributed by atoms with E-state index in [1.165, 1.54) is 36.3 Å². The molecule has 0 aliphatic carbocycles. The van der Waals surface area contributed by atoms with Crippen LogP contribution in [0.3, 0.4) is 0 Å². The molecule has 1 aromatic carbocycles. The summed E-state index contributed by atoms with van der Waals surface area (Å²) in [6, 6.07) is 12.7. The van der Waals surface area contributed by atoms with Gasteiger partial charge in [0, 0.05) is 18.0 Å². The van der Waals surface area contributed by atoms with Gasteiger partial charge in [-0.25, -0.2) is 4.98 Å². The van der Waals surface area contributed by atoms with Crippen LogP contribution in [0.25, 0.3) is 11.0 Å². The molecular weight excluding hydrogens is 304 g/mol. The number of nitrogens with zero attached hydrogens (tertiary/aromatic N) is 3. The Hall–Kier alpha value is -1.85. The second-order valence-electron chi connectivity index (χ2n) is 6.06. The predicted molar refractivity (Wildman–Crippen MR) is 97.1 cm³/mol. The lowest BCUT2D eigenvalue weighted by atomic mass is 10.3. The fraction of sp³-hybridized carbons (Fsp3) is 0.389. The first kappa shape index (κ1) is 14.7. The average Bonchev–Trinajstić information content (AvgIpc) is 3.31. The lowest BCUT2D eigenvalue weighted by Crippen LogP contribution is -2.24. The molecule has 1 aliphatic heterocycles. The summed E-state index contributed by atoms with van der Waals surface area (Å²) in [4.78, 5) is 8.68. The van der Waals surface area contributed by atoms with E-state index in [9.17, 15) is 0 Å². The maximum Gasteiger partial charge on any atom is 0.204 e. The van der Waals surface area contributed by atoms with Crippen molar-refractivity contribution in [3.8, 4) is 0 Å². The van der Waals surface area contributed by atoms with Gasteiger partial charge in [0.25, 0.3) is 0 Å². The second-order valence-corrected chi connectivity index (χ2v) is 7.09. The third-order valence-electron chi connectivity index (χ3n) is 4.49. The smallest absolute Gasteiger partial charge is 0.204 e. The molecule has 120 valence electrons. The van der Waals surface area contributed by atoms with Crippen molar-refractivity contribution in [3.63, 3.8) is 0 Å². The predicted octanol–water partition coefficient (Wildman–Crippen LogP) is 3.81. The van der Waals surface area contributed by atoms with Crippen LogP contribution in [-0.2, 0) is 13.1 Å². The Balaban J connectivity index is 1.55. The Morgan fingerprint density at radius 3 is 2.74 bits per heavy atom. The van der Waals surface area contributed by atoms with E-state index in [2.05, 4.69) is 56.6 Å². The van der Waals surface area contributed by atoms with Crippen molar-refractivity contribution in [3.05, 3.63) is 46.7 Å². The summed E-state index contributed by atoms with van der Waals surface area (Å²) >= 11 is 1.78. The zero-order valence-electron chi connectivity index (χ0n) is 13.2. The highest BCUT2D eigenvalue weighted by Gasteiger charge is 2.14. The molecule has 0 unspecified atom stereocenters. The van der Waals surface area contributed by atoms with Crippen molar-refractivity contribution in [2.45, 2.75) is 25.9 Å². The van der Waals surface area contributed by atoms with Crippen molar-refractivity contribution < 1.29 is 0 Å². The van der Waals surface area contributed by atoms with Gasteiger partial charge in [-0.05, 0) is 49.5 Å². The normalized spacial score (nSPS) is 15.5. The summed E-state index contributed by atoms with van der Waals surface area (Å²) in [5, 5.41) is 5.64. The monoisotopic (exact) mass is 326 g/mol. The van der Waals surface area contributed by atoms with E-state index in [1.54, 1.807) is 11.3 Å². The molecule has 5 heteroatoms. The van der Waals surface area contributed by atoms with E-state index in [-0.39, 0.29) is 0 Å². The minimum absolute atomic E-state index is 0.838. The van der Waals surface area contributed by atoms with Crippen molar-refractivity contribution in [1.29, 1.82) is 0 Å².